The first-order chi connectivity index (χ1) is 15.6. The Morgan fingerprint density at radius 3 is 2.69 bits per heavy atom. The van der Waals surface area contributed by atoms with Gasteiger partial charge >= 0.3 is 0 Å². The highest BCUT2D eigenvalue weighted by atomic mass is 16.5. The number of aryl methyl sites for hydroxylation is 1. The minimum absolute atomic E-state index is 0.0244. The third-order valence-electron chi connectivity index (χ3n) is 7.02. The van der Waals surface area contributed by atoms with E-state index in [1.807, 2.05) is 4.90 Å². The number of fused-ring (bicyclic) bond motifs is 1. The van der Waals surface area contributed by atoms with Crippen molar-refractivity contribution in [3.63, 3.8) is 0 Å². The number of aromatic nitrogens is 1. The molecule has 2 aliphatic rings. The van der Waals surface area contributed by atoms with Crippen molar-refractivity contribution < 1.29 is 14.3 Å². The van der Waals surface area contributed by atoms with Gasteiger partial charge in [-0.3, -0.25) is 4.79 Å². The van der Waals surface area contributed by atoms with Gasteiger partial charge in [-0.15, -0.1) is 0 Å². The first kappa shape index (κ1) is 22.6. The molecule has 1 fully saturated rings. The summed E-state index contributed by atoms with van der Waals surface area (Å²) in [7, 11) is 3.76. The van der Waals surface area contributed by atoms with Gasteiger partial charge in [0.1, 0.15) is 17.9 Å². The van der Waals surface area contributed by atoms with Crippen LogP contribution in [0.5, 0.6) is 11.6 Å². The normalized spacial score (nSPS) is 19.9. The maximum Gasteiger partial charge on any atom is 0.259 e. The van der Waals surface area contributed by atoms with Crippen molar-refractivity contribution in [1.82, 2.24) is 14.8 Å². The quantitative estimate of drug-likeness (QED) is 0.710. The molecule has 0 radical (unpaired) electrons. The lowest BCUT2D eigenvalue weighted by atomic mass is 9.73. The lowest BCUT2D eigenvalue weighted by molar-refractivity contribution is 0.0422. The molecule has 172 valence electrons. The Hall–Kier alpha value is -2.60. The summed E-state index contributed by atoms with van der Waals surface area (Å²) in [4.78, 5) is 21.7. The molecule has 32 heavy (non-hydrogen) atoms. The molecular formula is C26H35N3O3. The number of ether oxygens (including phenoxy) is 2. The Balaban J connectivity index is 1.42. The second-order valence-corrected chi connectivity index (χ2v) is 9.25. The number of carbonyl (C=O) groups excluding carboxylic acids is 1. The molecule has 1 saturated heterocycles. The van der Waals surface area contributed by atoms with Crippen LogP contribution in [-0.2, 0) is 6.42 Å². The summed E-state index contributed by atoms with van der Waals surface area (Å²) in [6.45, 7) is 4.23. The van der Waals surface area contributed by atoms with E-state index in [1.54, 1.807) is 25.4 Å². The molecule has 1 aromatic carbocycles. The number of methoxy groups -OCH3 is 1. The van der Waals surface area contributed by atoms with Gasteiger partial charge in [0.25, 0.3) is 5.91 Å². The molecule has 0 unspecified atom stereocenters. The number of carbonyl (C=O) groups is 1. The Bertz CT molecular complexity index is 909. The number of nitrogens with zero attached hydrogens (tertiary/aromatic N) is 3. The van der Waals surface area contributed by atoms with E-state index in [4.69, 9.17) is 9.47 Å². The zero-order valence-corrected chi connectivity index (χ0v) is 19.4. The summed E-state index contributed by atoms with van der Waals surface area (Å²) in [6, 6.07) is 12.0. The summed E-state index contributed by atoms with van der Waals surface area (Å²) in [6.07, 6.45) is 8.36. The average molecular weight is 438 g/mol. The van der Waals surface area contributed by atoms with Crippen molar-refractivity contribution in [3.8, 4) is 11.6 Å². The lowest BCUT2D eigenvalue weighted by Gasteiger charge is -2.44. The van der Waals surface area contributed by atoms with Crippen LogP contribution in [0.3, 0.4) is 0 Å². The van der Waals surface area contributed by atoms with Crippen LogP contribution in [0.2, 0.25) is 0 Å². The van der Waals surface area contributed by atoms with E-state index in [9.17, 15) is 4.79 Å². The van der Waals surface area contributed by atoms with Crippen molar-refractivity contribution in [2.45, 2.75) is 38.5 Å². The van der Waals surface area contributed by atoms with Crippen LogP contribution in [0.25, 0.3) is 0 Å². The number of hydrogen-bond donors (Lipinski definition) is 0. The first-order valence-electron chi connectivity index (χ1n) is 11.8. The van der Waals surface area contributed by atoms with E-state index < -0.39 is 0 Å². The third-order valence-corrected chi connectivity index (χ3v) is 7.02. The molecule has 0 atom stereocenters. The van der Waals surface area contributed by atoms with Gasteiger partial charge in [0, 0.05) is 32.4 Å². The number of para-hydroxylation sites is 1. The molecule has 1 spiro atoms. The van der Waals surface area contributed by atoms with Crippen LogP contribution >= 0.6 is 0 Å². The van der Waals surface area contributed by atoms with Crippen LogP contribution in [0.15, 0.2) is 42.6 Å². The topological polar surface area (TPSA) is 54.9 Å². The van der Waals surface area contributed by atoms with E-state index in [0.717, 1.165) is 51.2 Å². The van der Waals surface area contributed by atoms with Crippen LogP contribution in [-0.4, -0.2) is 67.6 Å². The van der Waals surface area contributed by atoms with Gasteiger partial charge in [-0.1, -0.05) is 24.6 Å². The Morgan fingerprint density at radius 1 is 1.06 bits per heavy atom. The number of rotatable bonds is 2. The van der Waals surface area contributed by atoms with Crippen LogP contribution < -0.4 is 9.47 Å². The number of benzene rings is 1. The molecule has 0 aliphatic carbocycles. The number of piperidine rings is 1. The maximum absolute atomic E-state index is 13.1. The number of pyridine rings is 1. The Kier molecular flexibility index (Phi) is 7.30. The molecule has 6 heteroatoms. The van der Waals surface area contributed by atoms with Gasteiger partial charge in [0.05, 0.1) is 7.11 Å². The molecule has 2 aliphatic heterocycles. The van der Waals surface area contributed by atoms with Crippen molar-refractivity contribution in [1.29, 1.82) is 0 Å². The van der Waals surface area contributed by atoms with E-state index in [2.05, 4.69) is 41.2 Å². The molecule has 6 nitrogen and oxygen atoms in total. The van der Waals surface area contributed by atoms with Gasteiger partial charge in [-0.2, -0.15) is 0 Å². The van der Waals surface area contributed by atoms with E-state index >= 15 is 0 Å². The molecule has 3 heterocycles. The highest BCUT2D eigenvalue weighted by Gasteiger charge is 2.37. The predicted molar refractivity (Wildman–Crippen MR) is 125 cm³/mol. The summed E-state index contributed by atoms with van der Waals surface area (Å²) in [5, 5.41) is 0. The fraction of sp³-hybridized carbons (Fsp3) is 0.538. The number of likely N-dealkylation sites (N-methyl/N-ethyl adjacent to an activating group) is 1. The van der Waals surface area contributed by atoms with E-state index in [1.165, 1.54) is 24.8 Å². The molecule has 1 amide bonds. The van der Waals surface area contributed by atoms with Crippen molar-refractivity contribution in [2.75, 3.05) is 46.9 Å². The summed E-state index contributed by atoms with van der Waals surface area (Å²) >= 11 is 0. The molecule has 4 rings (SSSR count). The molecular weight excluding hydrogens is 402 g/mol. The summed E-state index contributed by atoms with van der Waals surface area (Å²) in [5.74, 6) is 1.47. The van der Waals surface area contributed by atoms with Gasteiger partial charge in [0.2, 0.25) is 5.88 Å². The maximum atomic E-state index is 13.1. The molecule has 0 N–H and O–H groups in total. The van der Waals surface area contributed by atoms with Crippen LogP contribution in [0.1, 0.15) is 48.0 Å². The van der Waals surface area contributed by atoms with Crippen molar-refractivity contribution in [3.05, 3.63) is 53.7 Å². The second-order valence-electron chi connectivity index (χ2n) is 9.25. The Morgan fingerprint density at radius 2 is 1.88 bits per heavy atom. The Labute approximate surface area is 191 Å². The lowest BCUT2D eigenvalue weighted by Crippen LogP contribution is -2.48. The second kappa shape index (κ2) is 10.3. The van der Waals surface area contributed by atoms with E-state index in [-0.39, 0.29) is 11.3 Å². The first-order valence-corrected chi connectivity index (χ1v) is 11.8. The highest BCUT2D eigenvalue weighted by molar-refractivity contribution is 5.96. The highest BCUT2D eigenvalue weighted by Crippen LogP contribution is 2.38. The smallest absolute Gasteiger partial charge is 0.259 e. The standard InChI is InChI=1S/C26H35N3O3/c1-28-18-19-32-23-11-4-3-8-21(23)9-5-6-12-26(20-28)13-16-29(17-14-26)25(30)22-10-7-15-27-24(22)31-2/h3-4,7-8,10-11,15H,5-6,9,12-14,16-20H2,1-2H3. The van der Waals surface area contributed by atoms with E-state index in [0.29, 0.717) is 18.1 Å². The molecule has 2 aromatic rings. The van der Waals surface area contributed by atoms with Crippen LogP contribution in [0.4, 0.5) is 0 Å². The monoisotopic (exact) mass is 437 g/mol. The summed E-state index contributed by atoms with van der Waals surface area (Å²) in [5.41, 5.74) is 2.12. The number of hydrogen-bond acceptors (Lipinski definition) is 5. The fourth-order valence-corrected chi connectivity index (χ4v) is 5.19. The van der Waals surface area contributed by atoms with Gasteiger partial charge in [-0.05, 0) is 68.3 Å². The molecule has 0 saturated carbocycles. The minimum Gasteiger partial charge on any atom is -0.492 e. The van der Waals surface area contributed by atoms with Gasteiger partial charge in [-0.25, -0.2) is 4.98 Å². The van der Waals surface area contributed by atoms with Crippen LogP contribution in [0, 0.1) is 5.41 Å². The largest absolute Gasteiger partial charge is 0.492 e. The average Bonchev–Trinajstić information content (AvgIpc) is 2.82. The molecule has 0 bridgehead atoms. The summed E-state index contributed by atoms with van der Waals surface area (Å²) < 4.78 is 11.4. The third kappa shape index (κ3) is 5.23. The fourth-order valence-electron chi connectivity index (χ4n) is 5.19. The predicted octanol–water partition coefficient (Wildman–Crippen LogP) is 4.05. The van der Waals surface area contributed by atoms with Crippen molar-refractivity contribution >= 4 is 5.91 Å². The van der Waals surface area contributed by atoms with Crippen molar-refractivity contribution in [2.24, 2.45) is 5.41 Å². The molecule has 1 aromatic heterocycles. The van der Waals surface area contributed by atoms with Gasteiger partial charge < -0.3 is 19.3 Å². The SMILES string of the molecule is COc1ncccc1C(=O)N1CCC2(CCCCc3ccccc3OCCN(C)C2)CC1. The number of amides is 1. The minimum atomic E-state index is 0.0244. The number of likely N-dealkylation sites (tertiary alicyclic amines) is 1. The zero-order chi connectivity index (χ0) is 22.4. The zero-order valence-electron chi connectivity index (χ0n) is 19.4. The van der Waals surface area contributed by atoms with Gasteiger partial charge in [0.15, 0.2) is 0 Å².